The van der Waals surface area contributed by atoms with Crippen molar-refractivity contribution in [3.63, 3.8) is 0 Å². The molecule has 0 aromatic rings. The molecule has 15 heavy (non-hydrogen) atoms. The van der Waals surface area contributed by atoms with E-state index in [1.54, 1.807) is 13.8 Å². The van der Waals surface area contributed by atoms with Gasteiger partial charge < -0.3 is 4.74 Å². The number of carbonyl (C=O) groups is 1. The summed E-state index contributed by atoms with van der Waals surface area (Å²) in [6, 6.07) is 0.231. The molecule has 0 heterocycles. The van der Waals surface area contributed by atoms with Crippen LogP contribution in [0.2, 0.25) is 0 Å². The second-order valence-electron chi connectivity index (χ2n) is 3.58. The Morgan fingerprint density at radius 3 is 2.67 bits per heavy atom. The van der Waals surface area contributed by atoms with Gasteiger partial charge in [-0.2, -0.15) is 0 Å². The summed E-state index contributed by atoms with van der Waals surface area (Å²) in [6.45, 7) is 8.03. The summed E-state index contributed by atoms with van der Waals surface area (Å²) in [6.07, 6.45) is 3.37. The third-order valence-electron chi connectivity index (χ3n) is 2.01. The van der Waals surface area contributed by atoms with Gasteiger partial charge in [0.1, 0.15) is 0 Å². The number of carbonyl (C=O) groups excluding carboxylic acids is 1. The highest BCUT2D eigenvalue weighted by atomic mass is 16.5. The maximum absolute atomic E-state index is 11.2. The fraction of sp³-hybridized carbons (Fsp3) is 0.750. The van der Waals surface area contributed by atoms with Gasteiger partial charge in [0.15, 0.2) is 0 Å². The Morgan fingerprint density at radius 2 is 2.13 bits per heavy atom. The molecule has 0 rings (SSSR count). The molecule has 0 saturated heterocycles. The minimum Gasteiger partial charge on any atom is -0.462 e. The van der Waals surface area contributed by atoms with Crippen LogP contribution in [0.3, 0.4) is 0 Å². The SMILES string of the molecule is CCCCC(C)N=C=C(C)C(=O)OCC. The average molecular weight is 211 g/mol. The molecule has 0 N–H and O–H groups in total. The number of rotatable bonds is 6. The van der Waals surface area contributed by atoms with Gasteiger partial charge in [-0.3, -0.25) is 0 Å². The highest BCUT2D eigenvalue weighted by Crippen LogP contribution is 2.02. The van der Waals surface area contributed by atoms with Crippen LogP contribution in [0.15, 0.2) is 10.6 Å². The van der Waals surface area contributed by atoms with Crippen LogP contribution in [0.1, 0.15) is 47.0 Å². The minimum atomic E-state index is -0.330. The maximum atomic E-state index is 11.2. The monoisotopic (exact) mass is 211 g/mol. The van der Waals surface area contributed by atoms with Gasteiger partial charge in [-0.25, -0.2) is 9.79 Å². The minimum absolute atomic E-state index is 0.231. The van der Waals surface area contributed by atoms with Crippen LogP contribution >= 0.6 is 0 Å². The molecule has 0 aliphatic heterocycles. The fourth-order valence-corrected chi connectivity index (χ4v) is 1.06. The van der Waals surface area contributed by atoms with E-state index in [0.717, 1.165) is 12.8 Å². The molecule has 0 fully saturated rings. The molecule has 3 nitrogen and oxygen atoms in total. The van der Waals surface area contributed by atoms with Gasteiger partial charge in [-0.15, -0.1) is 0 Å². The van der Waals surface area contributed by atoms with Crippen LogP contribution in [0.25, 0.3) is 0 Å². The standard InChI is InChI=1S/C12H21NO2/c1-5-7-8-11(4)13-9-10(3)12(14)15-6-2/h11H,5-8H2,1-4H3. The van der Waals surface area contributed by atoms with Gasteiger partial charge in [0.25, 0.3) is 0 Å². The number of ether oxygens (including phenoxy) is 1. The quantitative estimate of drug-likeness (QED) is 0.385. The highest BCUT2D eigenvalue weighted by Gasteiger charge is 2.03. The molecular formula is C12H21NO2. The second kappa shape index (κ2) is 8.25. The summed E-state index contributed by atoms with van der Waals surface area (Å²) < 4.78 is 4.82. The second-order valence-corrected chi connectivity index (χ2v) is 3.58. The molecule has 0 saturated carbocycles. The molecule has 0 aliphatic carbocycles. The number of esters is 1. The molecule has 1 atom stereocenters. The lowest BCUT2D eigenvalue weighted by Crippen LogP contribution is -2.06. The summed E-state index contributed by atoms with van der Waals surface area (Å²) in [5.74, 6) is 2.41. The van der Waals surface area contributed by atoms with Gasteiger partial charge in [0.05, 0.1) is 18.2 Å². The first-order valence-corrected chi connectivity index (χ1v) is 5.58. The summed E-state index contributed by atoms with van der Waals surface area (Å²) >= 11 is 0. The van der Waals surface area contributed by atoms with Gasteiger partial charge in [0.2, 0.25) is 0 Å². The third-order valence-corrected chi connectivity index (χ3v) is 2.01. The smallest absolute Gasteiger partial charge is 0.343 e. The van der Waals surface area contributed by atoms with Gasteiger partial charge in [-0.1, -0.05) is 19.8 Å². The third kappa shape index (κ3) is 6.92. The van der Waals surface area contributed by atoms with Crippen molar-refractivity contribution in [1.29, 1.82) is 0 Å². The lowest BCUT2D eigenvalue weighted by molar-refractivity contribution is -0.138. The van der Waals surface area contributed by atoms with Crippen LogP contribution in [0.4, 0.5) is 0 Å². The largest absolute Gasteiger partial charge is 0.462 e. The zero-order chi connectivity index (χ0) is 11.7. The first-order valence-electron chi connectivity index (χ1n) is 5.58. The topological polar surface area (TPSA) is 38.7 Å². The highest BCUT2D eigenvalue weighted by molar-refractivity contribution is 5.97. The van der Waals surface area contributed by atoms with Gasteiger partial charge in [-0.05, 0) is 33.1 Å². The van der Waals surface area contributed by atoms with Gasteiger partial charge in [0, 0.05) is 0 Å². The first kappa shape index (κ1) is 13.9. The summed E-state index contributed by atoms with van der Waals surface area (Å²) in [5.41, 5.74) is 0.445. The Kier molecular flexibility index (Phi) is 7.65. The van der Waals surface area contributed by atoms with Crippen molar-refractivity contribution >= 4 is 11.8 Å². The van der Waals surface area contributed by atoms with Crippen molar-refractivity contribution < 1.29 is 9.53 Å². The normalized spacial score (nSPS) is 11.5. The van der Waals surface area contributed by atoms with Crippen molar-refractivity contribution in [2.75, 3.05) is 6.61 Å². The van der Waals surface area contributed by atoms with E-state index < -0.39 is 0 Å². The number of aliphatic imine (C=N–C) groups is 1. The molecule has 0 amide bonds. The Hall–Kier alpha value is -1.08. The van der Waals surface area contributed by atoms with Crippen molar-refractivity contribution in [1.82, 2.24) is 0 Å². The molecule has 0 bridgehead atoms. The Balaban J connectivity index is 4.19. The molecule has 0 aliphatic rings. The Labute approximate surface area is 92.2 Å². The summed E-state index contributed by atoms with van der Waals surface area (Å²) in [4.78, 5) is 15.4. The van der Waals surface area contributed by atoms with Crippen LogP contribution in [-0.4, -0.2) is 24.5 Å². The van der Waals surface area contributed by atoms with E-state index in [1.807, 2.05) is 6.92 Å². The fourth-order valence-electron chi connectivity index (χ4n) is 1.06. The van der Waals surface area contributed by atoms with E-state index in [2.05, 4.69) is 17.8 Å². The predicted octanol–water partition coefficient (Wildman–Crippen LogP) is 2.74. The molecule has 0 aromatic carbocycles. The summed E-state index contributed by atoms with van der Waals surface area (Å²) in [7, 11) is 0. The Morgan fingerprint density at radius 1 is 1.47 bits per heavy atom. The first-order chi connectivity index (χ1) is 7.11. The van der Waals surface area contributed by atoms with Crippen LogP contribution in [0, 0.1) is 0 Å². The molecule has 0 radical (unpaired) electrons. The van der Waals surface area contributed by atoms with E-state index in [1.165, 1.54) is 6.42 Å². The molecule has 1 unspecified atom stereocenters. The van der Waals surface area contributed by atoms with Crippen molar-refractivity contribution in [2.45, 2.75) is 53.0 Å². The van der Waals surface area contributed by atoms with Crippen LogP contribution in [-0.2, 0) is 9.53 Å². The molecule has 0 spiro atoms. The zero-order valence-electron chi connectivity index (χ0n) is 10.2. The number of hydrogen-bond donors (Lipinski definition) is 0. The number of hydrogen-bond acceptors (Lipinski definition) is 3. The van der Waals surface area contributed by atoms with Crippen molar-refractivity contribution in [3.05, 3.63) is 5.57 Å². The summed E-state index contributed by atoms with van der Waals surface area (Å²) in [5, 5.41) is 0. The van der Waals surface area contributed by atoms with Crippen LogP contribution in [0.5, 0.6) is 0 Å². The molecule has 86 valence electrons. The van der Waals surface area contributed by atoms with E-state index in [-0.39, 0.29) is 12.0 Å². The predicted molar refractivity (Wildman–Crippen MR) is 62.2 cm³/mol. The molecule has 0 aromatic heterocycles. The molecular weight excluding hydrogens is 190 g/mol. The van der Waals surface area contributed by atoms with Crippen LogP contribution < -0.4 is 0 Å². The molecule has 3 heteroatoms. The van der Waals surface area contributed by atoms with E-state index in [0.29, 0.717) is 12.2 Å². The maximum Gasteiger partial charge on any atom is 0.343 e. The zero-order valence-corrected chi connectivity index (χ0v) is 10.2. The van der Waals surface area contributed by atoms with E-state index in [4.69, 9.17) is 4.74 Å². The van der Waals surface area contributed by atoms with E-state index >= 15 is 0 Å². The van der Waals surface area contributed by atoms with Crippen molar-refractivity contribution in [2.24, 2.45) is 4.99 Å². The Bertz CT molecular complexity index is 252. The number of nitrogens with zero attached hydrogens (tertiary/aromatic N) is 1. The lowest BCUT2D eigenvalue weighted by atomic mass is 10.1. The van der Waals surface area contributed by atoms with Crippen molar-refractivity contribution in [3.8, 4) is 0 Å². The van der Waals surface area contributed by atoms with Gasteiger partial charge >= 0.3 is 5.97 Å². The lowest BCUT2D eigenvalue weighted by Gasteiger charge is -2.02. The van der Waals surface area contributed by atoms with E-state index in [9.17, 15) is 4.79 Å². The average Bonchev–Trinajstić information content (AvgIpc) is 2.23. The number of unbranched alkanes of at least 4 members (excludes halogenated alkanes) is 1.